The van der Waals surface area contributed by atoms with Gasteiger partial charge in [0.25, 0.3) is 0 Å². The molecule has 1 saturated heterocycles. The second-order valence-corrected chi connectivity index (χ2v) is 9.66. The predicted octanol–water partition coefficient (Wildman–Crippen LogP) is 2.95. The molecule has 1 spiro atoms. The average Bonchev–Trinajstić information content (AvgIpc) is 2.83. The minimum Gasteiger partial charge on any atom is -0.356 e. The Morgan fingerprint density at radius 3 is 2.35 bits per heavy atom. The molecule has 0 bridgehead atoms. The number of rotatable bonds is 6. The zero-order chi connectivity index (χ0) is 18.2. The Morgan fingerprint density at radius 2 is 1.73 bits per heavy atom. The number of hydrogen-bond donors (Lipinski definition) is 2. The van der Waals surface area contributed by atoms with Gasteiger partial charge in [-0.15, -0.1) is 24.0 Å². The van der Waals surface area contributed by atoms with Crippen LogP contribution in [0.4, 0.5) is 0 Å². The Bertz CT molecular complexity index is 531. The van der Waals surface area contributed by atoms with Gasteiger partial charge in [0.15, 0.2) is 5.96 Å². The normalized spacial score (nSPS) is 21.2. The summed E-state index contributed by atoms with van der Waals surface area (Å²) in [6, 6.07) is 0. The lowest BCUT2D eigenvalue weighted by Gasteiger charge is -2.44. The monoisotopic (exact) mass is 500 g/mol. The maximum atomic E-state index is 11.4. The molecule has 8 heteroatoms. The van der Waals surface area contributed by atoms with Crippen molar-refractivity contribution in [1.82, 2.24) is 14.9 Å². The lowest BCUT2D eigenvalue weighted by Crippen LogP contribution is -2.50. The van der Waals surface area contributed by atoms with E-state index in [4.69, 9.17) is 0 Å². The molecule has 1 heterocycles. The molecule has 1 saturated carbocycles. The molecule has 0 radical (unpaired) electrons. The predicted molar refractivity (Wildman–Crippen MR) is 120 cm³/mol. The van der Waals surface area contributed by atoms with Gasteiger partial charge in [-0.1, -0.05) is 25.7 Å². The van der Waals surface area contributed by atoms with E-state index in [1.807, 2.05) is 7.05 Å². The summed E-state index contributed by atoms with van der Waals surface area (Å²) in [5, 5.41) is 3.42. The Labute approximate surface area is 177 Å². The fourth-order valence-electron chi connectivity index (χ4n) is 4.23. The average molecular weight is 500 g/mol. The van der Waals surface area contributed by atoms with Gasteiger partial charge in [-0.25, -0.2) is 13.1 Å². The molecule has 2 rings (SSSR count). The molecule has 0 aromatic carbocycles. The van der Waals surface area contributed by atoms with Gasteiger partial charge in [0.05, 0.1) is 5.75 Å². The fourth-order valence-corrected chi connectivity index (χ4v) is 4.89. The summed E-state index contributed by atoms with van der Waals surface area (Å²) in [6.07, 6.45) is 11.6. The van der Waals surface area contributed by atoms with Crippen molar-refractivity contribution in [3.05, 3.63) is 0 Å². The van der Waals surface area contributed by atoms with E-state index in [1.54, 1.807) is 6.92 Å². The molecule has 2 N–H and O–H groups in total. The lowest BCUT2D eigenvalue weighted by atomic mass is 9.74. The van der Waals surface area contributed by atoms with Gasteiger partial charge in [-0.2, -0.15) is 0 Å². The van der Waals surface area contributed by atoms with Crippen LogP contribution in [0.2, 0.25) is 0 Å². The Kier molecular flexibility index (Phi) is 10.8. The highest BCUT2D eigenvalue weighted by atomic mass is 127. The first-order valence-corrected chi connectivity index (χ1v) is 11.6. The largest absolute Gasteiger partial charge is 0.356 e. The van der Waals surface area contributed by atoms with Crippen LogP contribution in [0.1, 0.15) is 64.7 Å². The summed E-state index contributed by atoms with van der Waals surface area (Å²) < 4.78 is 25.5. The number of halogens is 1. The number of hydrogen-bond acceptors (Lipinski definition) is 3. The number of nitrogens with zero attached hydrogens (tertiary/aromatic N) is 2. The summed E-state index contributed by atoms with van der Waals surface area (Å²) in [6.45, 7) is 5.06. The Morgan fingerprint density at radius 1 is 1.08 bits per heavy atom. The van der Waals surface area contributed by atoms with Crippen LogP contribution < -0.4 is 10.0 Å². The number of aliphatic imine (C=N–C) groups is 1. The molecular formula is C18H37IN4O2S. The molecular weight excluding hydrogens is 463 g/mol. The highest BCUT2D eigenvalue weighted by molar-refractivity contribution is 14.0. The molecule has 26 heavy (non-hydrogen) atoms. The van der Waals surface area contributed by atoms with E-state index in [9.17, 15) is 8.42 Å². The first-order valence-electron chi connectivity index (χ1n) is 9.93. The van der Waals surface area contributed by atoms with Crippen LogP contribution in [0, 0.1) is 5.41 Å². The minimum absolute atomic E-state index is 0. The lowest BCUT2D eigenvalue weighted by molar-refractivity contribution is 0.115. The molecule has 0 amide bonds. The van der Waals surface area contributed by atoms with Crippen molar-refractivity contribution in [1.29, 1.82) is 0 Å². The SMILES string of the molecule is CCS(=O)(=O)NCCCNC(=NC)N1CCCC2(CCCCCC2)C1.I. The molecule has 0 aromatic rings. The highest BCUT2D eigenvalue weighted by Gasteiger charge is 2.36. The van der Waals surface area contributed by atoms with Crippen LogP contribution in [0.15, 0.2) is 4.99 Å². The Balaban J connectivity index is 0.00000338. The third-order valence-electron chi connectivity index (χ3n) is 5.68. The van der Waals surface area contributed by atoms with E-state index in [0.29, 0.717) is 12.0 Å². The zero-order valence-electron chi connectivity index (χ0n) is 16.4. The van der Waals surface area contributed by atoms with Gasteiger partial charge in [0.2, 0.25) is 10.0 Å². The van der Waals surface area contributed by atoms with Gasteiger partial charge >= 0.3 is 0 Å². The van der Waals surface area contributed by atoms with Crippen molar-refractivity contribution in [3.63, 3.8) is 0 Å². The molecule has 2 fully saturated rings. The van der Waals surface area contributed by atoms with Crippen molar-refractivity contribution >= 4 is 40.0 Å². The van der Waals surface area contributed by atoms with Gasteiger partial charge in [0, 0.05) is 33.2 Å². The van der Waals surface area contributed by atoms with Crippen LogP contribution in [0.3, 0.4) is 0 Å². The molecule has 0 unspecified atom stereocenters. The second kappa shape index (κ2) is 11.7. The smallest absolute Gasteiger partial charge is 0.211 e. The number of sulfonamides is 1. The standard InChI is InChI=1S/C18H36N4O2S.HI/c1-3-25(23,24)21-14-9-13-20-17(19-2)22-15-8-12-18(16-22)10-6-4-5-7-11-18;/h21H,3-16H2,1-2H3,(H,19,20);1H. The van der Waals surface area contributed by atoms with E-state index in [2.05, 4.69) is 19.9 Å². The molecule has 0 aromatic heterocycles. The minimum atomic E-state index is -3.09. The first-order chi connectivity index (χ1) is 12.0. The van der Waals surface area contributed by atoms with E-state index < -0.39 is 10.0 Å². The second-order valence-electron chi connectivity index (χ2n) is 7.56. The fraction of sp³-hybridized carbons (Fsp3) is 0.944. The summed E-state index contributed by atoms with van der Waals surface area (Å²) in [5.41, 5.74) is 0.489. The van der Waals surface area contributed by atoms with Gasteiger partial charge in [0.1, 0.15) is 0 Å². The van der Waals surface area contributed by atoms with Gasteiger partial charge in [-0.3, -0.25) is 4.99 Å². The summed E-state index contributed by atoms with van der Waals surface area (Å²) in [5.74, 6) is 1.11. The quantitative estimate of drug-likeness (QED) is 0.255. The number of piperidine rings is 1. The molecule has 154 valence electrons. The highest BCUT2D eigenvalue weighted by Crippen LogP contribution is 2.42. The van der Waals surface area contributed by atoms with Crippen LogP contribution >= 0.6 is 24.0 Å². The van der Waals surface area contributed by atoms with Crippen molar-refractivity contribution in [2.75, 3.05) is 39.0 Å². The number of likely N-dealkylation sites (tertiary alicyclic amines) is 1. The number of nitrogens with one attached hydrogen (secondary N) is 2. The van der Waals surface area contributed by atoms with E-state index in [1.165, 1.54) is 51.4 Å². The Hall–Kier alpha value is -0.0900. The van der Waals surface area contributed by atoms with E-state index in [-0.39, 0.29) is 29.7 Å². The van der Waals surface area contributed by atoms with Crippen LogP contribution in [0.25, 0.3) is 0 Å². The molecule has 2 aliphatic rings. The van der Waals surface area contributed by atoms with E-state index >= 15 is 0 Å². The summed E-state index contributed by atoms with van der Waals surface area (Å²) in [7, 11) is -1.24. The maximum Gasteiger partial charge on any atom is 0.211 e. The number of guanidine groups is 1. The zero-order valence-corrected chi connectivity index (χ0v) is 19.6. The third-order valence-corrected chi connectivity index (χ3v) is 7.08. The molecule has 0 atom stereocenters. The third kappa shape index (κ3) is 7.50. The molecule has 1 aliphatic heterocycles. The van der Waals surface area contributed by atoms with Crippen molar-refractivity contribution in [2.24, 2.45) is 10.4 Å². The summed E-state index contributed by atoms with van der Waals surface area (Å²) >= 11 is 0. The molecule has 1 aliphatic carbocycles. The van der Waals surface area contributed by atoms with Gasteiger partial charge < -0.3 is 10.2 Å². The van der Waals surface area contributed by atoms with Crippen LogP contribution in [-0.2, 0) is 10.0 Å². The van der Waals surface area contributed by atoms with Gasteiger partial charge in [-0.05, 0) is 44.4 Å². The van der Waals surface area contributed by atoms with Crippen molar-refractivity contribution in [2.45, 2.75) is 64.7 Å². The van der Waals surface area contributed by atoms with Crippen molar-refractivity contribution in [3.8, 4) is 0 Å². The van der Waals surface area contributed by atoms with E-state index in [0.717, 1.165) is 32.0 Å². The van der Waals surface area contributed by atoms with Crippen LogP contribution in [0.5, 0.6) is 0 Å². The first kappa shape index (κ1) is 23.9. The topological polar surface area (TPSA) is 73.8 Å². The maximum absolute atomic E-state index is 11.4. The molecule has 6 nitrogen and oxygen atoms in total. The van der Waals surface area contributed by atoms with Crippen LogP contribution in [-0.4, -0.2) is 58.3 Å². The summed E-state index contributed by atoms with van der Waals surface area (Å²) in [4.78, 5) is 6.89. The van der Waals surface area contributed by atoms with Crippen molar-refractivity contribution < 1.29 is 8.42 Å².